The number of carboxylic acid groups (broad SMARTS) is 1. The molecule has 0 saturated carbocycles. The zero-order chi connectivity index (χ0) is 29.2. The van der Waals surface area contributed by atoms with Gasteiger partial charge in [-0.2, -0.15) is 0 Å². The maximum absolute atomic E-state index is 15.3. The molecule has 1 amide bonds. The highest BCUT2D eigenvalue weighted by Gasteiger charge is 2.28. The Hall–Kier alpha value is -5.11. The lowest BCUT2D eigenvalue weighted by Crippen LogP contribution is -2.37. The van der Waals surface area contributed by atoms with Crippen LogP contribution in [-0.4, -0.2) is 40.1 Å². The minimum Gasteiger partial charge on any atom is -0.496 e. The zero-order valence-electron chi connectivity index (χ0n) is 23.0. The number of para-hydroxylation sites is 2. The quantitative estimate of drug-likeness (QED) is 0.234. The largest absolute Gasteiger partial charge is 0.496 e. The highest BCUT2D eigenvalue weighted by molar-refractivity contribution is 5.91. The van der Waals surface area contributed by atoms with E-state index in [0.29, 0.717) is 42.9 Å². The summed E-state index contributed by atoms with van der Waals surface area (Å²) in [6.45, 7) is 1.30. The fraction of sp³-hybridized carbons (Fsp3) is 0.176. The second kappa shape index (κ2) is 11.4. The van der Waals surface area contributed by atoms with Crippen LogP contribution >= 0.6 is 0 Å². The second-order valence-corrected chi connectivity index (χ2v) is 10.3. The number of ether oxygens (including phenoxy) is 2. The summed E-state index contributed by atoms with van der Waals surface area (Å²) in [6, 6.07) is 27.1. The fourth-order valence-electron chi connectivity index (χ4n) is 5.62. The van der Waals surface area contributed by atoms with E-state index in [1.54, 1.807) is 23.1 Å². The van der Waals surface area contributed by atoms with Crippen LogP contribution < -0.4 is 9.47 Å². The van der Waals surface area contributed by atoms with Crippen molar-refractivity contribution in [3.63, 3.8) is 0 Å². The van der Waals surface area contributed by atoms with E-state index >= 15 is 4.39 Å². The number of halogens is 1. The molecule has 2 heterocycles. The number of hydrogen-bond donors (Lipinski definition) is 1. The van der Waals surface area contributed by atoms with E-state index in [2.05, 4.69) is 0 Å². The number of nitrogens with zero attached hydrogens (tertiary/aromatic N) is 2. The molecular formula is C34H29FN2O5. The summed E-state index contributed by atoms with van der Waals surface area (Å²) in [5.41, 5.74) is 4.20. The third kappa shape index (κ3) is 5.31. The van der Waals surface area contributed by atoms with Crippen molar-refractivity contribution in [1.82, 2.24) is 9.47 Å². The molecule has 0 fully saturated rings. The number of hydrogen-bond acceptors (Lipinski definition) is 4. The van der Waals surface area contributed by atoms with Crippen LogP contribution in [0.1, 0.15) is 32.7 Å². The Bertz CT molecular complexity index is 1780. The summed E-state index contributed by atoms with van der Waals surface area (Å²) in [6.07, 6.45) is 0.711. The monoisotopic (exact) mass is 564 g/mol. The van der Waals surface area contributed by atoms with E-state index in [1.165, 1.54) is 19.2 Å². The first kappa shape index (κ1) is 27.1. The Morgan fingerprint density at radius 2 is 1.64 bits per heavy atom. The molecule has 1 N–H and O–H groups in total. The Balaban J connectivity index is 1.26. The van der Waals surface area contributed by atoms with Crippen LogP contribution in [0.25, 0.3) is 10.9 Å². The Morgan fingerprint density at radius 1 is 0.905 bits per heavy atom. The molecule has 5 aromatic rings. The topological polar surface area (TPSA) is 81.0 Å². The first-order valence-electron chi connectivity index (χ1n) is 13.7. The Morgan fingerprint density at radius 3 is 2.38 bits per heavy atom. The van der Waals surface area contributed by atoms with E-state index in [0.717, 1.165) is 28.0 Å². The third-order valence-corrected chi connectivity index (χ3v) is 7.68. The Kier molecular flexibility index (Phi) is 7.35. The Labute approximate surface area is 242 Å². The predicted molar refractivity (Wildman–Crippen MR) is 157 cm³/mol. The van der Waals surface area contributed by atoms with Crippen molar-refractivity contribution in [2.75, 3.05) is 13.7 Å². The zero-order valence-corrected chi connectivity index (χ0v) is 23.0. The molecule has 0 aliphatic carbocycles. The normalized spacial score (nSPS) is 12.7. The van der Waals surface area contributed by atoms with Gasteiger partial charge in [0.05, 0.1) is 25.6 Å². The van der Waals surface area contributed by atoms with Gasteiger partial charge in [0.25, 0.3) is 0 Å². The number of rotatable bonds is 8. The molecule has 1 aromatic heterocycles. The molecule has 8 heteroatoms. The van der Waals surface area contributed by atoms with Gasteiger partial charge in [-0.15, -0.1) is 0 Å². The number of benzene rings is 4. The minimum atomic E-state index is -1.09. The summed E-state index contributed by atoms with van der Waals surface area (Å²) in [7, 11) is 1.40. The van der Waals surface area contributed by atoms with E-state index in [1.807, 2.05) is 65.2 Å². The molecular weight excluding hydrogens is 535 g/mol. The van der Waals surface area contributed by atoms with Crippen molar-refractivity contribution < 1.29 is 28.6 Å². The van der Waals surface area contributed by atoms with Crippen molar-refractivity contribution in [1.29, 1.82) is 0 Å². The average molecular weight is 565 g/mol. The number of carbonyl (C=O) groups is 2. The summed E-state index contributed by atoms with van der Waals surface area (Å²) in [5.74, 6) is 0.190. The van der Waals surface area contributed by atoms with Crippen molar-refractivity contribution in [2.24, 2.45) is 0 Å². The maximum Gasteiger partial charge on any atom is 0.339 e. The number of fused-ring (bicyclic) bond motifs is 3. The molecule has 0 bridgehead atoms. The molecule has 0 unspecified atom stereocenters. The van der Waals surface area contributed by atoms with Crippen LogP contribution in [0, 0.1) is 5.82 Å². The van der Waals surface area contributed by atoms with Gasteiger partial charge in [-0.25, -0.2) is 9.18 Å². The summed E-state index contributed by atoms with van der Waals surface area (Å²) < 4.78 is 28.4. The highest BCUT2D eigenvalue weighted by Crippen LogP contribution is 2.34. The number of carbonyl (C=O) groups excluding carboxylic acids is 1. The number of aromatic nitrogens is 1. The lowest BCUT2D eigenvalue weighted by Gasteiger charge is -2.29. The first-order chi connectivity index (χ1) is 20.4. The van der Waals surface area contributed by atoms with Gasteiger partial charge in [0.1, 0.15) is 28.6 Å². The lowest BCUT2D eigenvalue weighted by atomic mass is 10.0. The van der Waals surface area contributed by atoms with Gasteiger partial charge in [-0.05, 0) is 65.6 Å². The van der Waals surface area contributed by atoms with Crippen molar-refractivity contribution >= 4 is 22.8 Å². The number of amides is 1. The highest BCUT2D eigenvalue weighted by atomic mass is 19.1. The molecule has 0 radical (unpaired) electrons. The second-order valence-electron chi connectivity index (χ2n) is 10.3. The van der Waals surface area contributed by atoms with Gasteiger partial charge in [0.15, 0.2) is 0 Å². The predicted octanol–water partition coefficient (Wildman–Crippen LogP) is 6.46. The van der Waals surface area contributed by atoms with Crippen LogP contribution in [0.3, 0.4) is 0 Å². The van der Waals surface area contributed by atoms with Crippen LogP contribution in [0.4, 0.5) is 4.39 Å². The standard InChI is InChI=1S/C34H29FN2O5/c1-41-31-18-23(12-15-28(31)34(39)40)19-32(38)36-17-16-26-27-8-5-9-29(35)33(27)37(30(26)21-36)20-22-10-13-25(14-11-22)42-24-6-3-2-4-7-24/h2-15,18H,16-17,19-21H2,1H3,(H,39,40). The number of methoxy groups -OCH3 is 1. The van der Waals surface area contributed by atoms with E-state index < -0.39 is 5.97 Å². The maximum atomic E-state index is 15.3. The van der Waals surface area contributed by atoms with Crippen LogP contribution in [0.15, 0.2) is 91.0 Å². The minimum absolute atomic E-state index is 0.0440. The molecule has 0 atom stereocenters. The fourth-order valence-corrected chi connectivity index (χ4v) is 5.62. The summed E-state index contributed by atoms with van der Waals surface area (Å²) in [4.78, 5) is 26.6. The van der Waals surface area contributed by atoms with Crippen LogP contribution in [0.5, 0.6) is 17.2 Å². The van der Waals surface area contributed by atoms with Crippen molar-refractivity contribution in [3.8, 4) is 17.2 Å². The summed E-state index contributed by atoms with van der Waals surface area (Å²) >= 11 is 0. The van der Waals surface area contributed by atoms with Gasteiger partial charge in [-0.1, -0.05) is 48.5 Å². The van der Waals surface area contributed by atoms with E-state index in [-0.39, 0.29) is 29.5 Å². The molecule has 42 heavy (non-hydrogen) atoms. The van der Waals surface area contributed by atoms with Crippen LogP contribution in [-0.2, 0) is 30.7 Å². The van der Waals surface area contributed by atoms with Crippen molar-refractivity contribution in [3.05, 3.63) is 125 Å². The van der Waals surface area contributed by atoms with Gasteiger partial charge < -0.3 is 24.0 Å². The molecule has 0 saturated heterocycles. The van der Waals surface area contributed by atoms with Crippen LogP contribution in [0.2, 0.25) is 0 Å². The SMILES string of the molecule is COc1cc(CC(=O)N2CCc3c(n(Cc4ccc(Oc5ccccc5)cc4)c4c(F)cccc34)C2)ccc1C(=O)O. The van der Waals surface area contributed by atoms with Gasteiger partial charge in [-0.3, -0.25) is 4.79 Å². The number of carboxylic acids is 1. The van der Waals surface area contributed by atoms with Gasteiger partial charge in [0.2, 0.25) is 5.91 Å². The number of aromatic carboxylic acids is 1. The molecule has 7 nitrogen and oxygen atoms in total. The van der Waals surface area contributed by atoms with Crippen molar-refractivity contribution in [2.45, 2.75) is 25.9 Å². The van der Waals surface area contributed by atoms with Gasteiger partial charge in [0, 0.05) is 24.2 Å². The molecule has 6 rings (SSSR count). The molecule has 0 spiro atoms. The molecule has 1 aliphatic heterocycles. The smallest absolute Gasteiger partial charge is 0.339 e. The summed E-state index contributed by atoms with van der Waals surface area (Å²) in [5, 5.41) is 10.2. The van der Waals surface area contributed by atoms with E-state index in [4.69, 9.17) is 9.47 Å². The third-order valence-electron chi connectivity index (χ3n) is 7.68. The van der Waals surface area contributed by atoms with E-state index in [9.17, 15) is 14.7 Å². The lowest BCUT2D eigenvalue weighted by molar-refractivity contribution is -0.131. The van der Waals surface area contributed by atoms with Gasteiger partial charge >= 0.3 is 5.97 Å². The molecule has 4 aromatic carbocycles. The first-order valence-corrected chi connectivity index (χ1v) is 13.7. The molecule has 1 aliphatic rings. The average Bonchev–Trinajstić information content (AvgIpc) is 3.32. The molecule has 212 valence electrons.